The van der Waals surface area contributed by atoms with Crippen molar-refractivity contribution in [2.45, 2.75) is 37.8 Å². The summed E-state index contributed by atoms with van der Waals surface area (Å²) >= 11 is 0. The van der Waals surface area contributed by atoms with Gasteiger partial charge in [0.05, 0.1) is 14.2 Å². The molecule has 0 bridgehead atoms. The van der Waals surface area contributed by atoms with Crippen molar-refractivity contribution in [1.82, 2.24) is 5.32 Å². The number of nitrogens with one attached hydrogen (secondary N) is 1. The highest BCUT2D eigenvalue weighted by molar-refractivity contribution is 5.85. The van der Waals surface area contributed by atoms with Crippen LogP contribution in [0.5, 0.6) is 11.5 Å². The molecule has 2 unspecified atom stereocenters. The molecule has 1 N–H and O–H groups in total. The third kappa shape index (κ3) is 6.04. The zero-order chi connectivity index (χ0) is 27.9. The number of methoxy groups -OCH3 is 2. The molecule has 0 saturated heterocycles. The molecular formula is C33H33NO6. The lowest BCUT2D eigenvalue weighted by Gasteiger charge is -2.21. The Morgan fingerprint density at radius 2 is 1.75 bits per heavy atom. The quantitative estimate of drug-likeness (QED) is 0.319. The lowest BCUT2D eigenvalue weighted by Crippen LogP contribution is -2.44. The summed E-state index contributed by atoms with van der Waals surface area (Å²) in [4.78, 5) is 26.2. The van der Waals surface area contributed by atoms with Crippen LogP contribution in [0.25, 0.3) is 5.57 Å². The summed E-state index contributed by atoms with van der Waals surface area (Å²) in [5, 5.41) is 2.75. The summed E-state index contributed by atoms with van der Waals surface area (Å²) in [6, 6.07) is 22.1. The van der Waals surface area contributed by atoms with E-state index >= 15 is 0 Å². The van der Waals surface area contributed by atoms with Crippen LogP contribution in [0, 0.1) is 0 Å². The Morgan fingerprint density at radius 3 is 2.55 bits per heavy atom. The number of hydrogen-bond donors (Lipinski definition) is 1. The molecule has 0 spiro atoms. The number of carbonyl (C=O) groups excluding carboxylic acids is 2. The van der Waals surface area contributed by atoms with E-state index in [-0.39, 0.29) is 25.6 Å². The molecule has 0 saturated carbocycles. The van der Waals surface area contributed by atoms with Crippen molar-refractivity contribution in [3.8, 4) is 11.5 Å². The number of allylic oxidation sites excluding steroid dienone is 3. The minimum atomic E-state index is -0.928. The molecule has 40 heavy (non-hydrogen) atoms. The van der Waals surface area contributed by atoms with Gasteiger partial charge >= 0.3 is 12.1 Å². The van der Waals surface area contributed by atoms with Crippen LogP contribution in [0.1, 0.15) is 41.0 Å². The molecule has 0 radical (unpaired) electrons. The van der Waals surface area contributed by atoms with Crippen molar-refractivity contribution in [2.24, 2.45) is 0 Å². The van der Waals surface area contributed by atoms with Crippen LogP contribution in [0.15, 0.2) is 90.5 Å². The highest BCUT2D eigenvalue weighted by atomic mass is 16.6. The predicted octanol–water partition coefficient (Wildman–Crippen LogP) is 5.99. The molecule has 0 fully saturated rings. The van der Waals surface area contributed by atoms with Crippen molar-refractivity contribution in [2.75, 3.05) is 20.8 Å². The normalized spacial score (nSPS) is 16.0. The van der Waals surface area contributed by atoms with Crippen molar-refractivity contribution >= 4 is 17.6 Å². The van der Waals surface area contributed by atoms with Gasteiger partial charge in [0, 0.05) is 24.0 Å². The molecule has 1 amide bonds. The van der Waals surface area contributed by atoms with E-state index in [1.54, 1.807) is 32.4 Å². The smallest absolute Gasteiger partial charge is 0.407 e. The number of fused-ring (bicyclic) bond motifs is 2. The molecule has 2 aliphatic rings. The summed E-state index contributed by atoms with van der Waals surface area (Å²) in [5.41, 5.74) is 6.46. The fraction of sp³-hybridized carbons (Fsp3) is 0.273. The lowest BCUT2D eigenvalue weighted by molar-refractivity contribution is -0.147. The van der Waals surface area contributed by atoms with E-state index in [1.165, 1.54) is 22.3 Å². The molecule has 7 nitrogen and oxygen atoms in total. The third-order valence-corrected chi connectivity index (χ3v) is 7.36. The third-order valence-electron chi connectivity index (χ3n) is 7.36. The van der Waals surface area contributed by atoms with Gasteiger partial charge in [0.25, 0.3) is 0 Å². The van der Waals surface area contributed by atoms with E-state index in [9.17, 15) is 9.59 Å². The Hall–Kier alpha value is -4.52. The van der Waals surface area contributed by atoms with Crippen LogP contribution in [0.3, 0.4) is 0 Å². The fourth-order valence-electron chi connectivity index (χ4n) is 5.34. The second-order valence-corrected chi connectivity index (χ2v) is 9.79. The second-order valence-electron chi connectivity index (χ2n) is 9.79. The van der Waals surface area contributed by atoms with Gasteiger partial charge in [-0.3, -0.25) is 0 Å². The maximum Gasteiger partial charge on any atom is 0.407 e. The minimum absolute atomic E-state index is 0.00367. The number of ether oxygens (including phenoxy) is 4. The van der Waals surface area contributed by atoms with Crippen LogP contribution < -0.4 is 14.8 Å². The van der Waals surface area contributed by atoms with E-state index in [1.807, 2.05) is 42.5 Å². The Balaban J connectivity index is 1.26. The van der Waals surface area contributed by atoms with Crippen molar-refractivity contribution < 1.29 is 28.5 Å². The SMILES string of the molecule is COc1ccc(COC(=O)C(Cc2ccccc2)NC(=O)OCC2C3=C(C=CCC3)c3ccccc32)c(OC)c1. The van der Waals surface area contributed by atoms with E-state index in [0.29, 0.717) is 17.1 Å². The summed E-state index contributed by atoms with van der Waals surface area (Å²) in [5.74, 6) is 0.619. The lowest BCUT2D eigenvalue weighted by atomic mass is 9.91. The zero-order valence-electron chi connectivity index (χ0n) is 22.7. The van der Waals surface area contributed by atoms with Gasteiger partial charge in [0.15, 0.2) is 0 Å². The molecule has 3 aromatic rings. The van der Waals surface area contributed by atoms with Gasteiger partial charge in [-0.2, -0.15) is 0 Å². The largest absolute Gasteiger partial charge is 0.497 e. The fourth-order valence-corrected chi connectivity index (χ4v) is 5.34. The Kier molecular flexibility index (Phi) is 8.50. The number of esters is 1. The van der Waals surface area contributed by atoms with Gasteiger partial charge in [0.2, 0.25) is 0 Å². The first-order valence-electron chi connectivity index (χ1n) is 13.4. The minimum Gasteiger partial charge on any atom is -0.497 e. The van der Waals surface area contributed by atoms with Gasteiger partial charge in [-0.15, -0.1) is 0 Å². The summed E-state index contributed by atoms with van der Waals surface area (Å²) in [6.45, 7) is 0.184. The van der Waals surface area contributed by atoms with E-state index in [2.05, 4.69) is 29.6 Å². The Bertz CT molecular complexity index is 1430. The molecular weight excluding hydrogens is 506 g/mol. The van der Waals surface area contributed by atoms with Crippen LogP contribution in [-0.4, -0.2) is 38.9 Å². The first-order valence-corrected chi connectivity index (χ1v) is 13.4. The van der Waals surface area contributed by atoms with Gasteiger partial charge in [-0.25, -0.2) is 9.59 Å². The predicted molar refractivity (Wildman–Crippen MR) is 152 cm³/mol. The molecule has 0 aliphatic heterocycles. The van der Waals surface area contributed by atoms with Gasteiger partial charge in [-0.05, 0) is 47.2 Å². The van der Waals surface area contributed by atoms with Crippen LogP contribution in [0.4, 0.5) is 4.79 Å². The highest BCUT2D eigenvalue weighted by Gasteiger charge is 2.32. The van der Waals surface area contributed by atoms with Gasteiger partial charge in [0.1, 0.15) is 30.8 Å². The first kappa shape index (κ1) is 27.1. The number of carbonyl (C=O) groups is 2. The average Bonchev–Trinajstić information content (AvgIpc) is 3.32. The van der Waals surface area contributed by atoms with Crippen LogP contribution in [0.2, 0.25) is 0 Å². The van der Waals surface area contributed by atoms with Crippen molar-refractivity contribution in [1.29, 1.82) is 0 Å². The Morgan fingerprint density at radius 1 is 0.950 bits per heavy atom. The maximum absolute atomic E-state index is 13.2. The molecule has 7 heteroatoms. The maximum atomic E-state index is 13.2. The Labute approximate surface area is 234 Å². The molecule has 206 valence electrons. The highest BCUT2D eigenvalue weighted by Crippen LogP contribution is 2.46. The van der Waals surface area contributed by atoms with E-state index in [0.717, 1.165) is 18.4 Å². The number of hydrogen-bond acceptors (Lipinski definition) is 6. The van der Waals surface area contributed by atoms with E-state index in [4.69, 9.17) is 18.9 Å². The molecule has 0 heterocycles. The van der Waals surface area contributed by atoms with Gasteiger partial charge in [-0.1, -0.05) is 72.3 Å². The second kappa shape index (κ2) is 12.6. The number of amides is 1. The molecule has 5 rings (SSSR count). The van der Waals surface area contributed by atoms with Crippen LogP contribution in [-0.2, 0) is 27.3 Å². The number of benzene rings is 3. The number of rotatable bonds is 10. The zero-order valence-corrected chi connectivity index (χ0v) is 22.7. The van der Waals surface area contributed by atoms with Gasteiger partial charge < -0.3 is 24.3 Å². The molecule has 3 aromatic carbocycles. The van der Waals surface area contributed by atoms with Crippen molar-refractivity contribution in [3.05, 3.63) is 113 Å². The first-order chi connectivity index (χ1) is 19.6. The topological polar surface area (TPSA) is 83.1 Å². The molecule has 2 atom stereocenters. The van der Waals surface area contributed by atoms with Crippen molar-refractivity contribution in [3.63, 3.8) is 0 Å². The summed E-state index contributed by atoms with van der Waals surface area (Å²) < 4.78 is 22.0. The molecule has 2 aliphatic carbocycles. The monoisotopic (exact) mass is 539 g/mol. The number of alkyl carbamates (subject to hydrolysis) is 1. The summed E-state index contributed by atoms with van der Waals surface area (Å²) in [6.07, 6.45) is 5.88. The van der Waals surface area contributed by atoms with Crippen LogP contribution >= 0.6 is 0 Å². The average molecular weight is 540 g/mol. The van der Waals surface area contributed by atoms with E-state index < -0.39 is 18.1 Å². The summed E-state index contributed by atoms with van der Waals surface area (Å²) in [7, 11) is 3.11. The standard InChI is InChI=1S/C33H33NO6/c1-37-24-17-16-23(31(19-24)38-2)20-39-32(35)30(18-22-10-4-3-5-11-22)34-33(36)40-21-29-27-14-8-6-12-25(27)26-13-7-9-15-28(26)29/h3-8,10-14,16-17,19,29-30H,9,15,18,20-21H2,1-2H3,(H,34,36). The molecule has 0 aromatic heterocycles.